The van der Waals surface area contributed by atoms with Crippen molar-refractivity contribution in [3.05, 3.63) is 95.6 Å². The fraction of sp³-hybridized carbons (Fsp3) is 0.222. The molecule has 0 bridgehead atoms. The van der Waals surface area contributed by atoms with E-state index in [1.807, 2.05) is 66.7 Å². The van der Waals surface area contributed by atoms with Crippen LogP contribution in [0.1, 0.15) is 29.5 Å². The number of carbonyl (C=O) groups is 3. The van der Waals surface area contributed by atoms with Gasteiger partial charge in [-0.25, -0.2) is 9.59 Å². The highest BCUT2D eigenvalue weighted by atomic mass is 16.6. The Hall–Kier alpha value is -4.13. The molecule has 0 spiro atoms. The van der Waals surface area contributed by atoms with Gasteiger partial charge < -0.3 is 19.9 Å². The van der Waals surface area contributed by atoms with Gasteiger partial charge >= 0.3 is 18.0 Å². The molecule has 0 aromatic heterocycles. The second-order valence-electron chi connectivity index (χ2n) is 8.17. The Labute approximate surface area is 197 Å². The smallest absolute Gasteiger partial charge is 0.407 e. The first-order valence-corrected chi connectivity index (χ1v) is 11.0. The Kier molecular flexibility index (Phi) is 6.92. The molecule has 3 aromatic rings. The third kappa shape index (κ3) is 4.93. The van der Waals surface area contributed by atoms with E-state index in [1.54, 1.807) is 12.1 Å². The van der Waals surface area contributed by atoms with E-state index in [1.165, 1.54) is 6.92 Å². The van der Waals surface area contributed by atoms with Gasteiger partial charge in [-0.15, -0.1) is 0 Å². The van der Waals surface area contributed by atoms with Gasteiger partial charge in [0.2, 0.25) is 0 Å². The number of esters is 1. The van der Waals surface area contributed by atoms with E-state index in [4.69, 9.17) is 9.47 Å². The van der Waals surface area contributed by atoms with Gasteiger partial charge in [-0.05, 0) is 34.7 Å². The van der Waals surface area contributed by atoms with Crippen molar-refractivity contribution in [2.75, 3.05) is 6.61 Å². The van der Waals surface area contributed by atoms with Crippen LogP contribution in [0.25, 0.3) is 11.1 Å². The predicted molar refractivity (Wildman–Crippen MR) is 125 cm³/mol. The lowest BCUT2D eigenvalue weighted by atomic mass is 9.98. The SMILES string of the molecule is CC(C(=O)OCc1ccccc1)[C@H](NC(=O)OCC1c2ccccc2-c2ccccc21)C(=O)O. The third-order valence-electron chi connectivity index (χ3n) is 5.98. The first-order chi connectivity index (χ1) is 16.5. The number of aliphatic carboxylic acids is 1. The van der Waals surface area contributed by atoms with Gasteiger partial charge in [0, 0.05) is 5.92 Å². The number of carboxylic acid groups (broad SMARTS) is 1. The molecule has 0 saturated heterocycles. The van der Waals surface area contributed by atoms with Gasteiger partial charge in [0.15, 0.2) is 0 Å². The van der Waals surface area contributed by atoms with Crippen molar-refractivity contribution in [2.45, 2.75) is 25.5 Å². The highest BCUT2D eigenvalue weighted by molar-refractivity contribution is 5.86. The van der Waals surface area contributed by atoms with Gasteiger partial charge in [-0.2, -0.15) is 0 Å². The predicted octanol–water partition coefficient (Wildman–Crippen LogP) is 4.36. The number of amides is 1. The molecule has 0 aliphatic heterocycles. The highest BCUT2D eigenvalue weighted by Crippen LogP contribution is 2.44. The minimum absolute atomic E-state index is 0.0152. The molecule has 0 saturated carbocycles. The summed E-state index contributed by atoms with van der Waals surface area (Å²) in [4.78, 5) is 36.7. The number of fused-ring (bicyclic) bond motifs is 3. The highest BCUT2D eigenvalue weighted by Gasteiger charge is 2.34. The van der Waals surface area contributed by atoms with E-state index < -0.39 is 30.0 Å². The Balaban J connectivity index is 1.37. The van der Waals surface area contributed by atoms with Crippen LogP contribution in [-0.2, 0) is 25.7 Å². The minimum Gasteiger partial charge on any atom is -0.480 e. The zero-order chi connectivity index (χ0) is 24.1. The summed E-state index contributed by atoms with van der Waals surface area (Å²) in [6.07, 6.45) is -0.906. The molecule has 0 heterocycles. The summed E-state index contributed by atoms with van der Waals surface area (Å²) in [5, 5.41) is 11.9. The number of carboxylic acids is 1. The monoisotopic (exact) mass is 459 g/mol. The third-order valence-corrected chi connectivity index (χ3v) is 5.98. The van der Waals surface area contributed by atoms with Gasteiger partial charge in [-0.3, -0.25) is 4.79 Å². The lowest BCUT2D eigenvalue weighted by Gasteiger charge is -2.21. The zero-order valence-electron chi connectivity index (χ0n) is 18.6. The molecule has 174 valence electrons. The zero-order valence-corrected chi connectivity index (χ0v) is 18.6. The van der Waals surface area contributed by atoms with Gasteiger partial charge in [0.05, 0.1) is 5.92 Å². The van der Waals surface area contributed by atoms with E-state index in [0.717, 1.165) is 27.8 Å². The van der Waals surface area contributed by atoms with Crippen LogP contribution >= 0.6 is 0 Å². The van der Waals surface area contributed by atoms with Crippen LogP contribution in [-0.4, -0.2) is 35.8 Å². The maximum absolute atomic E-state index is 12.5. The van der Waals surface area contributed by atoms with Crippen molar-refractivity contribution < 1.29 is 29.0 Å². The number of benzene rings is 3. The maximum Gasteiger partial charge on any atom is 0.407 e. The number of rotatable bonds is 8. The van der Waals surface area contributed by atoms with E-state index in [2.05, 4.69) is 5.32 Å². The van der Waals surface area contributed by atoms with Crippen molar-refractivity contribution in [1.82, 2.24) is 5.32 Å². The molecule has 1 unspecified atom stereocenters. The number of alkyl carbamates (subject to hydrolysis) is 1. The molecule has 7 heteroatoms. The minimum atomic E-state index is -1.49. The summed E-state index contributed by atoms with van der Waals surface area (Å²) in [6.45, 7) is 1.45. The normalized spacial score (nSPS) is 13.8. The molecule has 1 amide bonds. The Bertz CT molecular complexity index is 1150. The fourth-order valence-electron chi connectivity index (χ4n) is 4.16. The quantitative estimate of drug-likeness (QED) is 0.486. The largest absolute Gasteiger partial charge is 0.480 e. The molecular formula is C27H25NO6. The molecule has 2 atom stereocenters. The first-order valence-electron chi connectivity index (χ1n) is 11.0. The van der Waals surface area contributed by atoms with Crippen LogP contribution in [0, 0.1) is 5.92 Å². The fourth-order valence-corrected chi connectivity index (χ4v) is 4.16. The van der Waals surface area contributed by atoms with Gasteiger partial charge in [0.1, 0.15) is 19.3 Å². The molecule has 2 N–H and O–H groups in total. The Morgan fingerprint density at radius 2 is 1.41 bits per heavy atom. The second kappa shape index (κ2) is 10.2. The van der Waals surface area contributed by atoms with Gasteiger partial charge in [0.25, 0.3) is 0 Å². The molecule has 1 aliphatic carbocycles. The van der Waals surface area contributed by atoms with Crippen molar-refractivity contribution in [2.24, 2.45) is 5.92 Å². The topological polar surface area (TPSA) is 102 Å². The molecule has 7 nitrogen and oxygen atoms in total. The molecule has 0 fully saturated rings. The summed E-state index contributed by atoms with van der Waals surface area (Å²) in [7, 11) is 0. The van der Waals surface area contributed by atoms with E-state index in [0.29, 0.717) is 0 Å². The van der Waals surface area contributed by atoms with Crippen molar-refractivity contribution in [3.8, 4) is 11.1 Å². The standard InChI is InChI=1S/C27H25NO6/c1-17(26(31)33-15-18-9-3-2-4-10-18)24(25(29)30)28-27(32)34-16-23-21-13-7-5-11-19(21)20-12-6-8-14-22(20)23/h2-14,17,23-24H,15-16H2,1H3,(H,28,32)(H,29,30)/t17?,24-/m0/s1. The maximum atomic E-state index is 12.5. The first kappa shape index (κ1) is 23.0. The van der Waals surface area contributed by atoms with E-state index >= 15 is 0 Å². The van der Waals surface area contributed by atoms with Crippen LogP contribution in [0.5, 0.6) is 0 Å². The van der Waals surface area contributed by atoms with E-state index in [-0.39, 0.29) is 19.1 Å². The van der Waals surface area contributed by atoms with Crippen LogP contribution < -0.4 is 5.32 Å². The summed E-state index contributed by atoms with van der Waals surface area (Å²) in [5.74, 6) is -3.34. The summed E-state index contributed by atoms with van der Waals surface area (Å²) in [5.41, 5.74) is 5.04. The second-order valence-corrected chi connectivity index (χ2v) is 8.17. The molecule has 3 aromatic carbocycles. The summed E-state index contributed by atoms with van der Waals surface area (Å²) < 4.78 is 10.6. The van der Waals surface area contributed by atoms with Crippen LogP contribution in [0.3, 0.4) is 0 Å². The Morgan fingerprint density at radius 1 is 0.853 bits per heavy atom. The number of hydrogen-bond acceptors (Lipinski definition) is 5. The lowest BCUT2D eigenvalue weighted by Crippen LogP contribution is -2.48. The number of nitrogens with one attached hydrogen (secondary N) is 1. The van der Waals surface area contributed by atoms with E-state index in [9.17, 15) is 19.5 Å². The average Bonchev–Trinajstić information content (AvgIpc) is 3.18. The van der Waals surface area contributed by atoms with Gasteiger partial charge in [-0.1, -0.05) is 78.9 Å². The van der Waals surface area contributed by atoms with Crippen molar-refractivity contribution >= 4 is 18.0 Å². The van der Waals surface area contributed by atoms with Crippen molar-refractivity contribution in [1.29, 1.82) is 0 Å². The molecular weight excluding hydrogens is 434 g/mol. The lowest BCUT2D eigenvalue weighted by molar-refractivity contribution is -0.155. The molecule has 34 heavy (non-hydrogen) atoms. The molecule has 0 radical (unpaired) electrons. The van der Waals surface area contributed by atoms with Crippen LogP contribution in [0.2, 0.25) is 0 Å². The van der Waals surface area contributed by atoms with Crippen LogP contribution in [0.4, 0.5) is 4.79 Å². The molecule has 1 aliphatic rings. The number of ether oxygens (including phenoxy) is 2. The van der Waals surface area contributed by atoms with Crippen molar-refractivity contribution in [3.63, 3.8) is 0 Å². The Morgan fingerprint density at radius 3 is 2.00 bits per heavy atom. The average molecular weight is 459 g/mol. The number of hydrogen-bond donors (Lipinski definition) is 2. The molecule has 4 rings (SSSR count). The number of carbonyl (C=O) groups excluding carboxylic acids is 2. The summed E-state index contributed by atoms with van der Waals surface area (Å²) >= 11 is 0. The summed E-state index contributed by atoms with van der Waals surface area (Å²) in [6, 6.07) is 23.4. The van der Waals surface area contributed by atoms with Crippen LogP contribution in [0.15, 0.2) is 78.9 Å².